The maximum atomic E-state index is 13.5. The van der Waals surface area contributed by atoms with E-state index in [1.807, 2.05) is 6.92 Å². The number of methoxy groups -OCH3 is 1. The Morgan fingerprint density at radius 3 is 2.06 bits per heavy atom. The summed E-state index contributed by atoms with van der Waals surface area (Å²) in [5, 5.41) is 2.65. The first-order valence-electron chi connectivity index (χ1n) is 10.9. The van der Waals surface area contributed by atoms with Crippen molar-refractivity contribution in [2.45, 2.75) is 11.8 Å². The van der Waals surface area contributed by atoms with E-state index in [9.17, 15) is 17.6 Å². The Balaban J connectivity index is 1.68. The molecular formula is C25H27FN2O6S. The molecule has 0 heterocycles. The second-order valence-corrected chi connectivity index (χ2v) is 9.13. The van der Waals surface area contributed by atoms with Gasteiger partial charge in [0.05, 0.1) is 30.8 Å². The topological polar surface area (TPSA) is 94.2 Å². The molecule has 0 aliphatic carbocycles. The molecule has 3 aromatic carbocycles. The molecule has 0 atom stereocenters. The van der Waals surface area contributed by atoms with Crippen LogP contribution < -0.4 is 23.8 Å². The van der Waals surface area contributed by atoms with Crippen molar-refractivity contribution in [3.63, 3.8) is 0 Å². The van der Waals surface area contributed by atoms with Crippen molar-refractivity contribution < 1.29 is 31.8 Å². The number of anilines is 1. The van der Waals surface area contributed by atoms with Crippen molar-refractivity contribution in [2.75, 3.05) is 37.7 Å². The van der Waals surface area contributed by atoms with Crippen LogP contribution in [-0.2, 0) is 14.8 Å². The number of hydrogen-bond donors (Lipinski definition) is 1. The van der Waals surface area contributed by atoms with Gasteiger partial charge in [0.2, 0.25) is 5.91 Å². The molecule has 0 spiro atoms. The number of hydrogen-bond acceptors (Lipinski definition) is 6. The number of benzene rings is 3. The minimum Gasteiger partial charge on any atom is -0.497 e. The van der Waals surface area contributed by atoms with E-state index in [0.29, 0.717) is 23.9 Å². The monoisotopic (exact) mass is 502 g/mol. The van der Waals surface area contributed by atoms with E-state index < -0.39 is 28.3 Å². The highest BCUT2D eigenvalue weighted by atomic mass is 32.2. The van der Waals surface area contributed by atoms with Crippen LogP contribution in [-0.4, -0.2) is 47.7 Å². The van der Waals surface area contributed by atoms with E-state index >= 15 is 0 Å². The van der Waals surface area contributed by atoms with Crippen LogP contribution in [0.5, 0.6) is 17.2 Å². The van der Waals surface area contributed by atoms with Crippen LogP contribution in [0.25, 0.3) is 0 Å². The minimum absolute atomic E-state index is 0.0269. The number of amides is 1. The molecule has 0 aliphatic heterocycles. The van der Waals surface area contributed by atoms with Crippen LogP contribution in [0.4, 0.5) is 10.1 Å². The van der Waals surface area contributed by atoms with Gasteiger partial charge < -0.3 is 19.5 Å². The number of sulfonamides is 1. The zero-order chi connectivity index (χ0) is 25.3. The van der Waals surface area contributed by atoms with Gasteiger partial charge in [0.1, 0.15) is 36.2 Å². The predicted octanol–water partition coefficient (Wildman–Crippen LogP) is 3.62. The fourth-order valence-corrected chi connectivity index (χ4v) is 4.56. The molecule has 0 saturated heterocycles. The van der Waals surface area contributed by atoms with Gasteiger partial charge in [0.15, 0.2) is 0 Å². The lowest BCUT2D eigenvalue weighted by molar-refractivity contribution is -0.119. The van der Waals surface area contributed by atoms with E-state index in [0.717, 1.165) is 16.4 Å². The fourth-order valence-electron chi connectivity index (χ4n) is 3.14. The van der Waals surface area contributed by atoms with Crippen LogP contribution in [0.15, 0.2) is 77.7 Å². The zero-order valence-electron chi connectivity index (χ0n) is 19.4. The molecule has 0 saturated carbocycles. The number of carbonyl (C=O) groups excluding carboxylic acids is 1. The van der Waals surface area contributed by atoms with Gasteiger partial charge in [-0.05, 0) is 79.7 Å². The van der Waals surface area contributed by atoms with Crippen LogP contribution in [0.3, 0.4) is 0 Å². The van der Waals surface area contributed by atoms with Crippen molar-refractivity contribution in [3.05, 3.63) is 78.6 Å². The SMILES string of the molecule is CCOc1ccc(S(=O)(=O)N(CC(=O)NCCOc2ccc(OC)cc2)c2ccc(F)cc2)cc1. The Bertz CT molecular complexity index is 1200. The van der Waals surface area contributed by atoms with Crippen molar-refractivity contribution in [1.29, 1.82) is 0 Å². The number of nitrogens with zero attached hydrogens (tertiary/aromatic N) is 1. The third kappa shape index (κ3) is 7.10. The highest BCUT2D eigenvalue weighted by molar-refractivity contribution is 7.92. The van der Waals surface area contributed by atoms with Gasteiger partial charge in [-0.1, -0.05) is 0 Å². The molecule has 8 nitrogen and oxygen atoms in total. The third-order valence-corrected chi connectivity index (χ3v) is 6.67. The summed E-state index contributed by atoms with van der Waals surface area (Å²) in [7, 11) is -2.56. The average Bonchev–Trinajstić information content (AvgIpc) is 2.86. The van der Waals surface area contributed by atoms with Crippen LogP contribution >= 0.6 is 0 Å². The van der Waals surface area contributed by atoms with Gasteiger partial charge in [-0.3, -0.25) is 9.10 Å². The molecule has 0 radical (unpaired) electrons. The first-order valence-corrected chi connectivity index (χ1v) is 12.3. The Morgan fingerprint density at radius 1 is 0.886 bits per heavy atom. The smallest absolute Gasteiger partial charge is 0.264 e. The molecule has 35 heavy (non-hydrogen) atoms. The summed E-state index contributed by atoms with van der Waals surface area (Å²) < 4.78 is 57.1. The maximum absolute atomic E-state index is 13.5. The van der Waals surface area contributed by atoms with Gasteiger partial charge in [-0.25, -0.2) is 12.8 Å². The van der Waals surface area contributed by atoms with Crippen LogP contribution in [0.2, 0.25) is 0 Å². The van der Waals surface area contributed by atoms with Crippen LogP contribution in [0.1, 0.15) is 6.92 Å². The molecule has 3 rings (SSSR count). The normalized spacial score (nSPS) is 10.9. The molecule has 0 aromatic heterocycles. The second-order valence-electron chi connectivity index (χ2n) is 7.27. The van der Waals surface area contributed by atoms with E-state index in [-0.39, 0.29) is 23.7 Å². The third-order valence-electron chi connectivity index (χ3n) is 4.88. The summed E-state index contributed by atoms with van der Waals surface area (Å²) in [6.07, 6.45) is 0. The molecule has 1 amide bonds. The molecule has 10 heteroatoms. The Hall–Kier alpha value is -3.79. The standard InChI is InChI=1S/C25H27FN2O6S/c1-3-33-22-12-14-24(15-13-22)35(30,31)28(20-6-4-19(26)5-7-20)18-25(29)27-16-17-34-23-10-8-21(32-2)9-11-23/h4-15H,3,16-18H2,1-2H3,(H,27,29). The minimum atomic E-state index is -4.12. The maximum Gasteiger partial charge on any atom is 0.264 e. The highest BCUT2D eigenvalue weighted by Gasteiger charge is 2.27. The molecule has 0 bridgehead atoms. The number of carbonyl (C=O) groups is 1. The molecule has 186 valence electrons. The summed E-state index contributed by atoms with van der Waals surface area (Å²) in [5.41, 5.74) is 0.157. The molecule has 0 aliphatic rings. The van der Waals surface area contributed by atoms with E-state index in [1.165, 1.54) is 36.4 Å². The van der Waals surface area contributed by atoms with E-state index in [2.05, 4.69) is 5.32 Å². The lowest BCUT2D eigenvalue weighted by Gasteiger charge is -2.24. The van der Waals surface area contributed by atoms with Crippen molar-refractivity contribution in [1.82, 2.24) is 5.32 Å². The summed E-state index contributed by atoms with van der Waals surface area (Å²) in [4.78, 5) is 12.6. The zero-order valence-corrected chi connectivity index (χ0v) is 20.3. The Morgan fingerprint density at radius 2 is 1.46 bits per heavy atom. The summed E-state index contributed by atoms with van der Waals surface area (Å²) in [6.45, 7) is 2.10. The van der Waals surface area contributed by atoms with Crippen LogP contribution in [0, 0.1) is 5.82 Å². The summed E-state index contributed by atoms with van der Waals surface area (Å²) >= 11 is 0. The predicted molar refractivity (Wildman–Crippen MR) is 130 cm³/mol. The van der Waals surface area contributed by atoms with E-state index in [1.54, 1.807) is 31.4 Å². The van der Waals surface area contributed by atoms with Crippen molar-refractivity contribution >= 4 is 21.6 Å². The number of halogens is 1. The quantitative estimate of drug-likeness (QED) is 0.380. The first-order chi connectivity index (χ1) is 16.8. The number of nitrogens with one attached hydrogen (secondary N) is 1. The second kappa shape index (κ2) is 12.1. The van der Waals surface area contributed by atoms with Gasteiger partial charge in [-0.2, -0.15) is 0 Å². The molecule has 0 unspecified atom stereocenters. The first kappa shape index (κ1) is 25.8. The highest BCUT2D eigenvalue weighted by Crippen LogP contribution is 2.25. The Kier molecular flexibility index (Phi) is 8.91. The van der Waals surface area contributed by atoms with Gasteiger partial charge in [0, 0.05) is 0 Å². The largest absolute Gasteiger partial charge is 0.497 e. The number of rotatable bonds is 12. The lowest BCUT2D eigenvalue weighted by Crippen LogP contribution is -2.41. The van der Waals surface area contributed by atoms with E-state index in [4.69, 9.17) is 14.2 Å². The molecule has 3 aromatic rings. The summed E-state index contributed by atoms with van der Waals surface area (Å²) in [5.74, 6) is 0.759. The van der Waals surface area contributed by atoms with Gasteiger partial charge in [-0.15, -0.1) is 0 Å². The lowest BCUT2D eigenvalue weighted by atomic mass is 10.3. The molecule has 1 N–H and O–H groups in total. The number of ether oxygens (including phenoxy) is 3. The van der Waals surface area contributed by atoms with Gasteiger partial charge >= 0.3 is 0 Å². The average molecular weight is 503 g/mol. The Labute approximate surface area is 204 Å². The molecular weight excluding hydrogens is 475 g/mol. The van der Waals surface area contributed by atoms with Gasteiger partial charge in [0.25, 0.3) is 10.0 Å². The molecule has 0 fully saturated rings. The fraction of sp³-hybridized carbons (Fsp3) is 0.240. The summed E-state index contributed by atoms with van der Waals surface area (Å²) in [6, 6.07) is 17.7. The van der Waals surface area contributed by atoms with Crippen molar-refractivity contribution in [2.24, 2.45) is 0 Å². The van der Waals surface area contributed by atoms with Crippen molar-refractivity contribution in [3.8, 4) is 17.2 Å².